The number of aryl methyl sites for hydroxylation is 3. The van der Waals surface area contributed by atoms with E-state index < -0.39 is 0 Å². The first kappa shape index (κ1) is 12.8. The molecular weight excluding hydrogens is 222 g/mol. The van der Waals surface area contributed by atoms with E-state index in [0.29, 0.717) is 0 Å². The third kappa shape index (κ3) is 4.00. The fourth-order valence-electron chi connectivity index (χ4n) is 1.92. The van der Waals surface area contributed by atoms with E-state index in [1.54, 1.807) is 0 Å². The summed E-state index contributed by atoms with van der Waals surface area (Å²) in [6.07, 6.45) is 5.11. The number of nitrogens with zero attached hydrogens (tertiary/aromatic N) is 2. The van der Waals surface area contributed by atoms with Crippen molar-refractivity contribution in [1.29, 1.82) is 0 Å². The summed E-state index contributed by atoms with van der Waals surface area (Å²) in [5, 5.41) is 3.46. The van der Waals surface area contributed by atoms with Gasteiger partial charge >= 0.3 is 0 Å². The van der Waals surface area contributed by atoms with Crippen LogP contribution in [0.3, 0.4) is 0 Å². The van der Waals surface area contributed by atoms with Gasteiger partial charge in [-0.2, -0.15) is 0 Å². The Labute approximate surface area is 109 Å². The second-order valence-electron chi connectivity index (χ2n) is 4.77. The van der Waals surface area contributed by atoms with Crippen molar-refractivity contribution in [1.82, 2.24) is 14.9 Å². The summed E-state index contributed by atoms with van der Waals surface area (Å²) >= 11 is 0. The van der Waals surface area contributed by atoms with Crippen LogP contribution < -0.4 is 5.32 Å². The number of imidazole rings is 1. The molecule has 0 amide bonds. The minimum atomic E-state index is 0.948. The Morgan fingerprint density at radius 2 is 1.94 bits per heavy atom. The van der Waals surface area contributed by atoms with E-state index in [1.807, 2.05) is 13.3 Å². The molecule has 1 aromatic heterocycles. The normalized spacial score (nSPS) is 10.8. The van der Waals surface area contributed by atoms with Crippen LogP contribution in [0.2, 0.25) is 0 Å². The zero-order valence-electron chi connectivity index (χ0n) is 11.2. The summed E-state index contributed by atoms with van der Waals surface area (Å²) in [5.41, 5.74) is 3.75. The summed E-state index contributed by atoms with van der Waals surface area (Å²) < 4.78 is 2.14. The molecular formula is C15H21N3. The highest BCUT2D eigenvalue weighted by Gasteiger charge is 1.95. The Kier molecular flexibility index (Phi) is 4.53. The van der Waals surface area contributed by atoms with Gasteiger partial charge in [0.05, 0.1) is 12.0 Å². The van der Waals surface area contributed by atoms with Crippen molar-refractivity contribution in [2.75, 3.05) is 6.54 Å². The van der Waals surface area contributed by atoms with E-state index in [1.165, 1.54) is 11.1 Å². The molecule has 0 aliphatic carbocycles. The van der Waals surface area contributed by atoms with E-state index in [2.05, 4.69) is 52.3 Å². The maximum atomic E-state index is 4.21. The van der Waals surface area contributed by atoms with E-state index in [4.69, 9.17) is 0 Å². The monoisotopic (exact) mass is 243 g/mol. The van der Waals surface area contributed by atoms with Crippen molar-refractivity contribution < 1.29 is 0 Å². The maximum Gasteiger partial charge on any atom is 0.0949 e. The largest absolute Gasteiger partial charge is 0.337 e. The van der Waals surface area contributed by atoms with Crippen LogP contribution in [-0.4, -0.2) is 16.1 Å². The Morgan fingerprint density at radius 3 is 2.61 bits per heavy atom. The van der Waals surface area contributed by atoms with E-state index in [-0.39, 0.29) is 0 Å². The van der Waals surface area contributed by atoms with Gasteiger partial charge in [-0.25, -0.2) is 4.98 Å². The van der Waals surface area contributed by atoms with Gasteiger partial charge in [0.2, 0.25) is 0 Å². The first-order valence-electron chi connectivity index (χ1n) is 6.49. The molecule has 0 saturated carbocycles. The molecule has 3 heteroatoms. The van der Waals surface area contributed by atoms with Gasteiger partial charge < -0.3 is 9.88 Å². The fourth-order valence-corrected chi connectivity index (χ4v) is 1.92. The van der Waals surface area contributed by atoms with Crippen molar-refractivity contribution in [2.24, 2.45) is 0 Å². The van der Waals surface area contributed by atoms with Crippen LogP contribution in [0, 0.1) is 13.8 Å². The maximum absolute atomic E-state index is 4.21. The number of hydrogen-bond donors (Lipinski definition) is 1. The third-order valence-corrected chi connectivity index (χ3v) is 2.98. The Hall–Kier alpha value is -1.61. The molecule has 0 atom stereocenters. The lowest BCUT2D eigenvalue weighted by Gasteiger charge is -2.06. The average Bonchev–Trinajstić information content (AvgIpc) is 2.77. The molecule has 0 bridgehead atoms. The van der Waals surface area contributed by atoms with Gasteiger partial charge in [-0.05, 0) is 32.4 Å². The van der Waals surface area contributed by atoms with Crippen LogP contribution in [0.15, 0.2) is 36.8 Å². The molecule has 0 saturated heterocycles. The van der Waals surface area contributed by atoms with Gasteiger partial charge in [0.15, 0.2) is 0 Å². The van der Waals surface area contributed by atoms with E-state index in [9.17, 15) is 0 Å². The molecule has 0 fully saturated rings. The molecule has 3 nitrogen and oxygen atoms in total. The summed E-state index contributed by atoms with van der Waals surface area (Å²) in [5.74, 6) is 0. The summed E-state index contributed by atoms with van der Waals surface area (Å²) in [7, 11) is 0. The molecule has 96 valence electrons. The molecule has 1 aromatic carbocycles. The average molecular weight is 243 g/mol. The van der Waals surface area contributed by atoms with Crippen molar-refractivity contribution in [3.8, 4) is 0 Å². The zero-order valence-corrected chi connectivity index (χ0v) is 11.2. The highest BCUT2D eigenvalue weighted by molar-refractivity contribution is 5.20. The predicted molar refractivity (Wildman–Crippen MR) is 74.5 cm³/mol. The van der Waals surface area contributed by atoms with Crippen molar-refractivity contribution in [3.05, 3.63) is 53.6 Å². The molecule has 18 heavy (non-hydrogen) atoms. The van der Waals surface area contributed by atoms with Crippen LogP contribution in [0.25, 0.3) is 0 Å². The number of nitrogens with one attached hydrogen (secondary N) is 1. The van der Waals surface area contributed by atoms with Gasteiger partial charge in [-0.3, -0.25) is 0 Å². The highest BCUT2D eigenvalue weighted by Crippen LogP contribution is 2.02. The number of rotatable bonds is 6. The third-order valence-electron chi connectivity index (χ3n) is 2.98. The molecule has 1 N–H and O–H groups in total. The quantitative estimate of drug-likeness (QED) is 0.791. The molecule has 2 aromatic rings. The second kappa shape index (κ2) is 6.36. The highest BCUT2D eigenvalue weighted by atomic mass is 15.0. The number of aromatic nitrogens is 2. The van der Waals surface area contributed by atoms with Crippen molar-refractivity contribution >= 4 is 0 Å². The van der Waals surface area contributed by atoms with Crippen LogP contribution >= 0.6 is 0 Å². The predicted octanol–water partition coefficient (Wildman–Crippen LogP) is 2.68. The standard InChI is InChI=1S/C15H21N3/c1-13-4-6-15(7-5-13)10-16-8-3-9-18-11-14(2)17-12-18/h4-7,11-12,16H,3,8-10H2,1-2H3. The summed E-state index contributed by atoms with van der Waals surface area (Å²) in [6, 6.07) is 8.68. The van der Waals surface area contributed by atoms with Crippen LogP contribution in [0.4, 0.5) is 0 Å². The molecule has 0 radical (unpaired) electrons. The van der Waals surface area contributed by atoms with E-state index in [0.717, 1.165) is 31.7 Å². The lowest BCUT2D eigenvalue weighted by molar-refractivity contribution is 0.580. The van der Waals surface area contributed by atoms with Gasteiger partial charge in [0, 0.05) is 19.3 Å². The lowest BCUT2D eigenvalue weighted by Crippen LogP contribution is -2.16. The Morgan fingerprint density at radius 1 is 1.17 bits per heavy atom. The molecule has 0 spiro atoms. The molecule has 1 heterocycles. The molecule has 2 rings (SSSR count). The van der Waals surface area contributed by atoms with Gasteiger partial charge in [-0.15, -0.1) is 0 Å². The van der Waals surface area contributed by atoms with Crippen LogP contribution in [-0.2, 0) is 13.1 Å². The van der Waals surface area contributed by atoms with Crippen molar-refractivity contribution in [2.45, 2.75) is 33.4 Å². The summed E-state index contributed by atoms with van der Waals surface area (Å²) in [6.45, 7) is 7.15. The van der Waals surface area contributed by atoms with Crippen molar-refractivity contribution in [3.63, 3.8) is 0 Å². The first-order chi connectivity index (χ1) is 8.74. The fraction of sp³-hybridized carbons (Fsp3) is 0.400. The zero-order chi connectivity index (χ0) is 12.8. The minimum Gasteiger partial charge on any atom is -0.337 e. The minimum absolute atomic E-state index is 0.948. The van der Waals surface area contributed by atoms with Gasteiger partial charge in [0.25, 0.3) is 0 Å². The summed E-state index contributed by atoms with van der Waals surface area (Å²) in [4.78, 5) is 4.21. The molecule has 0 aliphatic heterocycles. The Balaban J connectivity index is 1.63. The van der Waals surface area contributed by atoms with Gasteiger partial charge in [-0.1, -0.05) is 29.8 Å². The first-order valence-corrected chi connectivity index (χ1v) is 6.49. The lowest BCUT2D eigenvalue weighted by atomic mass is 10.1. The Bertz CT molecular complexity index is 471. The van der Waals surface area contributed by atoms with Crippen LogP contribution in [0.5, 0.6) is 0 Å². The topological polar surface area (TPSA) is 29.9 Å². The van der Waals surface area contributed by atoms with Crippen LogP contribution in [0.1, 0.15) is 23.2 Å². The SMILES string of the molecule is Cc1ccc(CNCCCn2cnc(C)c2)cc1. The van der Waals surface area contributed by atoms with Gasteiger partial charge in [0.1, 0.15) is 0 Å². The number of hydrogen-bond acceptors (Lipinski definition) is 2. The number of benzene rings is 1. The second-order valence-corrected chi connectivity index (χ2v) is 4.77. The molecule has 0 aliphatic rings. The molecule has 0 unspecified atom stereocenters. The van der Waals surface area contributed by atoms with E-state index >= 15 is 0 Å². The smallest absolute Gasteiger partial charge is 0.0949 e.